The summed E-state index contributed by atoms with van der Waals surface area (Å²) in [5, 5.41) is 11.4. The highest BCUT2D eigenvalue weighted by Gasteiger charge is 2.46. The van der Waals surface area contributed by atoms with Crippen LogP contribution in [0.4, 0.5) is 0 Å². The molecule has 7 nitrogen and oxygen atoms in total. The highest BCUT2D eigenvalue weighted by molar-refractivity contribution is 6.46. The van der Waals surface area contributed by atoms with E-state index in [4.69, 9.17) is 9.47 Å². The van der Waals surface area contributed by atoms with E-state index in [0.717, 1.165) is 49.2 Å². The lowest BCUT2D eigenvalue weighted by Crippen LogP contribution is -2.38. The van der Waals surface area contributed by atoms with E-state index >= 15 is 0 Å². The molecule has 0 bridgehead atoms. The number of carbonyl (C=O) groups is 2. The smallest absolute Gasteiger partial charge is 0.295 e. The third-order valence-corrected chi connectivity index (χ3v) is 6.99. The van der Waals surface area contributed by atoms with Crippen LogP contribution in [0.5, 0.6) is 11.5 Å². The van der Waals surface area contributed by atoms with Crippen molar-refractivity contribution in [2.45, 2.75) is 53.0 Å². The predicted octanol–water partition coefficient (Wildman–Crippen LogP) is 5.34. The molecule has 0 aromatic heterocycles. The van der Waals surface area contributed by atoms with Crippen LogP contribution in [0.2, 0.25) is 0 Å². The number of aryl methyl sites for hydroxylation is 1. The van der Waals surface area contributed by atoms with Gasteiger partial charge < -0.3 is 24.4 Å². The molecular formula is C30H40N2O5. The highest BCUT2D eigenvalue weighted by atomic mass is 16.5. The first-order chi connectivity index (χ1) is 17.9. The first-order valence-electron chi connectivity index (χ1n) is 13.2. The molecule has 0 aliphatic carbocycles. The largest absolute Gasteiger partial charge is 0.507 e. The zero-order valence-corrected chi connectivity index (χ0v) is 22.8. The Morgan fingerprint density at radius 3 is 2.27 bits per heavy atom. The van der Waals surface area contributed by atoms with Crippen LogP contribution < -0.4 is 9.47 Å². The Bertz CT molecular complexity index is 1110. The summed E-state index contributed by atoms with van der Waals surface area (Å²) in [5.41, 5.74) is 2.12. The van der Waals surface area contributed by atoms with Crippen LogP contribution in [0.3, 0.4) is 0 Å². The van der Waals surface area contributed by atoms with E-state index in [0.29, 0.717) is 31.0 Å². The maximum Gasteiger partial charge on any atom is 0.295 e. The van der Waals surface area contributed by atoms with Gasteiger partial charge in [0.2, 0.25) is 0 Å². The number of aliphatic hydroxyl groups is 1. The van der Waals surface area contributed by atoms with Gasteiger partial charge in [-0.2, -0.15) is 0 Å². The van der Waals surface area contributed by atoms with Gasteiger partial charge in [0.25, 0.3) is 11.7 Å². The third-order valence-electron chi connectivity index (χ3n) is 6.99. The third kappa shape index (κ3) is 6.52. The van der Waals surface area contributed by atoms with Crippen molar-refractivity contribution in [1.82, 2.24) is 9.80 Å². The van der Waals surface area contributed by atoms with E-state index in [1.54, 1.807) is 30.2 Å². The summed E-state index contributed by atoms with van der Waals surface area (Å²) in [6.45, 7) is 11.5. The molecule has 0 radical (unpaired) electrons. The van der Waals surface area contributed by atoms with Gasteiger partial charge in [0, 0.05) is 18.7 Å². The molecule has 1 saturated heterocycles. The van der Waals surface area contributed by atoms with Crippen molar-refractivity contribution in [2.75, 3.05) is 39.9 Å². The number of carbonyl (C=O) groups excluding carboxylic acids is 2. The van der Waals surface area contributed by atoms with Crippen LogP contribution in [0.1, 0.15) is 62.8 Å². The molecule has 0 saturated carbocycles. The molecule has 1 aliphatic rings. The van der Waals surface area contributed by atoms with Crippen LogP contribution in [0, 0.1) is 6.92 Å². The van der Waals surface area contributed by atoms with Gasteiger partial charge in [-0.25, -0.2) is 0 Å². The second-order valence-electron chi connectivity index (χ2n) is 9.32. The summed E-state index contributed by atoms with van der Waals surface area (Å²) in [6.07, 6.45) is 3.23. The normalized spacial score (nSPS) is 17.0. The Morgan fingerprint density at radius 2 is 1.68 bits per heavy atom. The monoisotopic (exact) mass is 508 g/mol. The van der Waals surface area contributed by atoms with Crippen molar-refractivity contribution in [3.8, 4) is 11.5 Å². The van der Waals surface area contributed by atoms with Gasteiger partial charge in [0.1, 0.15) is 17.3 Å². The molecule has 1 amide bonds. The maximum atomic E-state index is 13.3. The Labute approximate surface area is 220 Å². The summed E-state index contributed by atoms with van der Waals surface area (Å²) in [6, 6.07) is 12.1. The van der Waals surface area contributed by atoms with E-state index in [9.17, 15) is 14.7 Å². The second kappa shape index (κ2) is 13.3. The number of rotatable bonds is 13. The van der Waals surface area contributed by atoms with E-state index < -0.39 is 17.7 Å². The molecule has 7 heteroatoms. The number of unbranched alkanes of at least 4 members (excludes halogenated alkanes) is 2. The second-order valence-corrected chi connectivity index (χ2v) is 9.32. The number of amides is 1. The van der Waals surface area contributed by atoms with Gasteiger partial charge >= 0.3 is 0 Å². The summed E-state index contributed by atoms with van der Waals surface area (Å²) in [4.78, 5) is 30.4. The van der Waals surface area contributed by atoms with Crippen LogP contribution in [-0.2, 0) is 9.59 Å². The average Bonchev–Trinajstić information content (AvgIpc) is 3.16. The van der Waals surface area contributed by atoms with E-state index in [-0.39, 0.29) is 11.3 Å². The highest BCUT2D eigenvalue weighted by Crippen LogP contribution is 2.40. The first kappa shape index (κ1) is 28.3. The first-order valence-corrected chi connectivity index (χ1v) is 13.2. The summed E-state index contributed by atoms with van der Waals surface area (Å²) < 4.78 is 11.1. The minimum Gasteiger partial charge on any atom is -0.507 e. The van der Waals surface area contributed by atoms with E-state index in [1.807, 2.05) is 31.2 Å². The number of likely N-dealkylation sites (N-methyl/N-ethyl adjacent to an activating group) is 1. The summed E-state index contributed by atoms with van der Waals surface area (Å²) in [7, 11) is 1.58. The molecule has 1 fully saturated rings. The molecule has 1 N–H and O–H groups in total. The van der Waals surface area contributed by atoms with Crippen LogP contribution in [0.15, 0.2) is 48.0 Å². The molecule has 37 heavy (non-hydrogen) atoms. The Morgan fingerprint density at radius 1 is 1.00 bits per heavy atom. The number of likely N-dealkylation sites (tertiary alicyclic amines) is 1. The number of methoxy groups -OCH3 is 1. The zero-order chi connectivity index (χ0) is 26.9. The fourth-order valence-electron chi connectivity index (χ4n) is 4.71. The summed E-state index contributed by atoms with van der Waals surface area (Å²) in [5.74, 6) is -0.0404. The predicted molar refractivity (Wildman–Crippen MR) is 146 cm³/mol. The van der Waals surface area contributed by atoms with Gasteiger partial charge in [-0.3, -0.25) is 9.59 Å². The van der Waals surface area contributed by atoms with Gasteiger partial charge in [0.15, 0.2) is 0 Å². The maximum absolute atomic E-state index is 13.3. The number of ketones is 1. The number of hydrogen-bond acceptors (Lipinski definition) is 6. The van der Waals surface area contributed by atoms with Crippen LogP contribution in [-0.4, -0.2) is 66.5 Å². The number of benzene rings is 2. The van der Waals surface area contributed by atoms with Crippen molar-refractivity contribution >= 4 is 17.4 Å². The minimum absolute atomic E-state index is 0.106. The molecule has 1 atom stereocenters. The molecule has 3 rings (SSSR count). The summed E-state index contributed by atoms with van der Waals surface area (Å²) >= 11 is 0. The van der Waals surface area contributed by atoms with Crippen molar-refractivity contribution < 1.29 is 24.2 Å². The Hall–Kier alpha value is -3.32. The lowest BCUT2D eigenvalue weighted by Gasteiger charge is -2.28. The van der Waals surface area contributed by atoms with Gasteiger partial charge in [-0.1, -0.05) is 45.7 Å². The molecule has 1 unspecified atom stereocenters. The molecule has 2 aromatic rings. The number of aliphatic hydroxyl groups excluding tert-OH is 1. The molecule has 1 heterocycles. The fraction of sp³-hybridized carbons (Fsp3) is 0.467. The van der Waals surface area contributed by atoms with Crippen molar-refractivity contribution in [2.24, 2.45) is 0 Å². The molecule has 2 aromatic carbocycles. The van der Waals surface area contributed by atoms with Crippen LogP contribution >= 0.6 is 0 Å². The zero-order valence-electron chi connectivity index (χ0n) is 22.8. The molecule has 1 aliphatic heterocycles. The van der Waals surface area contributed by atoms with Gasteiger partial charge in [0.05, 0.1) is 25.3 Å². The lowest BCUT2D eigenvalue weighted by atomic mass is 9.94. The van der Waals surface area contributed by atoms with Gasteiger partial charge in [-0.15, -0.1) is 0 Å². The average molecular weight is 509 g/mol. The minimum atomic E-state index is -0.689. The van der Waals surface area contributed by atoms with Crippen molar-refractivity contribution in [3.63, 3.8) is 0 Å². The fourth-order valence-corrected chi connectivity index (χ4v) is 4.71. The van der Waals surface area contributed by atoms with Crippen molar-refractivity contribution in [3.05, 3.63) is 64.7 Å². The topological polar surface area (TPSA) is 79.3 Å². The molecule has 200 valence electrons. The SMILES string of the molecule is CCCCCOc1ccc(C2C(=C(O)c3ccc(OC)cc3C)C(=O)C(=O)N2CCN(CC)CC)cc1. The Balaban J connectivity index is 2.02. The number of Topliss-reactive ketones (excluding diaryl/α,β-unsaturated/α-hetero) is 1. The number of nitrogens with zero attached hydrogens (tertiary/aromatic N) is 2. The number of ether oxygens (including phenoxy) is 2. The van der Waals surface area contributed by atoms with E-state index in [2.05, 4.69) is 25.7 Å². The number of hydrogen-bond donors (Lipinski definition) is 1. The molecular weight excluding hydrogens is 468 g/mol. The van der Waals surface area contributed by atoms with E-state index in [1.165, 1.54) is 0 Å². The lowest BCUT2D eigenvalue weighted by molar-refractivity contribution is -0.140. The molecule has 0 spiro atoms. The standard InChI is InChI=1S/C30H40N2O5/c1-6-9-10-19-37-23-13-11-22(12-14-23)27-26(28(33)25-16-15-24(36-5)20-21(25)4)29(34)30(35)32(27)18-17-31(7-2)8-3/h11-16,20,27,33H,6-10,17-19H2,1-5H3. The van der Waals surface area contributed by atoms with Crippen molar-refractivity contribution in [1.29, 1.82) is 0 Å². The van der Waals surface area contributed by atoms with Gasteiger partial charge in [-0.05, 0) is 67.9 Å². The quantitative estimate of drug-likeness (QED) is 0.170. The Kier molecular flexibility index (Phi) is 10.1. The van der Waals surface area contributed by atoms with Crippen LogP contribution in [0.25, 0.3) is 5.76 Å².